The van der Waals surface area contributed by atoms with Crippen LogP contribution in [0.25, 0.3) is 0 Å². The molecule has 1 aliphatic heterocycles. The van der Waals surface area contributed by atoms with Gasteiger partial charge in [0.05, 0.1) is 5.48 Å². The van der Waals surface area contributed by atoms with Crippen LogP contribution in [-0.4, -0.2) is 54.5 Å². The zero-order valence-electron chi connectivity index (χ0n) is 16.7. The van der Waals surface area contributed by atoms with Crippen LogP contribution in [0.1, 0.15) is 31.7 Å². The lowest BCUT2D eigenvalue weighted by Gasteiger charge is -2.33. The van der Waals surface area contributed by atoms with Crippen molar-refractivity contribution in [1.29, 1.82) is 0 Å². The summed E-state index contributed by atoms with van der Waals surface area (Å²) in [6.07, 6.45) is -1.47. The standard InChI is InChI=1S/C10H20N2O2/c1-10(2,3)14-9(13)12-7-5-11(4)6-8-12/h5-8H2,1-4H3/i5D2,6D2,7D2,8D2. The molecule has 0 aliphatic carbocycles. The van der Waals surface area contributed by atoms with Crippen molar-refractivity contribution in [3.05, 3.63) is 0 Å². The van der Waals surface area contributed by atoms with E-state index in [-0.39, 0.29) is 4.90 Å². The second-order valence-corrected chi connectivity index (χ2v) is 3.82. The van der Waals surface area contributed by atoms with Gasteiger partial charge in [-0.1, -0.05) is 0 Å². The number of carbonyl (C=O) groups excluding carboxylic acids is 1. The maximum atomic E-state index is 12.2. The van der Waals surface area contributed by atoms with E-state index in [4.69, 9.17) is 15.7 Å². The Hall–Kier alpha value is -0.770. The van der Waals surface area contributed by atoms with Crippen LogP contribution >= 0.6 is 0 Å². The first kappa shape index (κ1) is 4.39. The average molecular weight is 208 g/mol. The van der Waals surface area contributed by atoms with Crippen molar-refractivity contribution in [3.8, 4) is 0 Å². The lowest BCUT2D eigenvalue weighted by Crippen LogP contribution is -2.48. The SMILES string of the molecule is [2H]C1([2H])N(C)C([2H])([2H])C([2H])([2H])N(C(=O)OC(C)(C)C)C1([2H])[2H]. The minimum Gasteiger partial charge on any atom is -0.444 e. The Kier molecular flexibility index (Phi) is 1.31. The number of hydrogen-bond acceptors (Lipinski definition) is 3. The normalized spacial score (nSPS) is 42.4. The summed E-state index contributed by atoms with van der Waals surface area (Å²) in [5.74, 6) is 0. The summed E-state index contributed by atoms with van der Waals surface area (Å²) < 4.78 is 67.5. The molecule has 4 heteroatoms. The van der Waals surface area contributed by atoms with E-state index < -0.39 is 37.7 Å². The van der Waals surface area contributed by atoms with Gasteiger partial charge in [0, 0.05) is 31.5 Å². The summed E-state index contributed by atoms with van der Waals surface area (Å²) in [5.41, 5.74) is -1.08. The predicted octanol–water partition coefficient (Wildman–Crippen LogP) is 1.17. The number of carbonyl (C=O) groups is 1. The summed E-state index contributed by atoms with van der Waals surface area (Å²) in [4.78, 5) is 12.4. The zero-order valence-corrected chi connectivity index (χ0v) is 8.71. The topological polar surface area (TPSA) is 32.8 Å². The number of nitrogens with zero attached hydrogens (tertiary/aromatic N) is 2. The van der Waals surface area contributed by atoms with Gasteiger partial charge in [-0.25, -0.2) is 4.79 Å². The molecule has 0 radical (unpaired) electrons. The van der Waals surface area contributed by atoms with Crippen LogP contribution < -0.4 is 0 Å². The summed E-state index contributed by atoms with van der Waals surface area (Å²) in [6, 6.07) is 0. The van der Waals surface area contributed by atoms with Crippen molar-refractivity contribution in [3.63, 3.8) is 0 Å². The first-order valence-corrected chi connectivity index (χ1v) is 4.18. The van der Waals surface area contributed by atoms with Crippen LogP contribution in [0.5, 0.6) is 0 Å². The first-order valence-electron chi connectivity index (χ1n) is 8.18. The third-order valence-corrected chi connectivity index (χ3v) is 1.24. The fraction of sp³-hybridized carbons (Fsp3) is 0.900. The molecule has 82 valence electrons. The van der Waals surface area contributed by atoms with E-state index in [9.17, 15) is 4.79 Å². The van der Waals surface area contributed by atoms with Gasteiger partial charge in [-0.05, 0) is 27.8 Å². The molecule has 1 rings (SSSR count). The Morgan fingerprint density at radius 2 is 1.79 bits per heavy atom. The highest BCUT2D eigenvalue weighted by Gasteiger charge is 2.24. The number of hydrogen-bond donors (Lipinski definition) is 0. The highest BCUT2D eigenvalue weighted by atomic mass is 16.6. The Balaban J connectivity index is 3.48. The molecule has 0 aromatic carbocycles. The maximum Gasteiger partial charge on any atom is 0.410 e. The number of likely N-dealkylation sites (N-methyl/N-ethyl adjacent to an activating group) is 1. The average Bonchev–Trinajstić information content (AvgIpc) is 2.22. The van der Waals surface area contributed by atoms with Gasteiger partial charge in [0.2, 0.25) is 0 Å². The highest BCUT2D eigenvalue weighted by molar-refractivity contribution is 5.68. The highest BCUT2D eigenvalue weighted by Crippen LogP contribution is 2.11. The minimum absolute atomic E-state index is 0.134. The van der Waals surface area contributed by atoms with Crippen molar-refractivity contribution < 1.29 is 20.5 Å². The molecule has 0 bridgehead atoms. The Bertz CT molecular complexity index is 446. The van der Waals surface area contributed by atoms with Crippen LogP contribution in [0.15, 0.2) is 0 Å². The molecule has 0 N–H and O–H groups in total. The van der Waals surface area contributed by atoms with Gasteiger partial charge in [-0.15, -0.1) is 0 Å². The molecule has 4 nitrogen and oxygen atoms in total. The minimum atomic E-state index is -3.15. The number of amides is 1. The van der Waals surface area contributed by atoms with Crippen LogP contribution in [-0.2, 0) is 4.74 Å². The molecule has 1 amide bonds. The smallest absolute Gasteiger partial charge is 0.410 e. The van der Waals surface area contributed by atoms with Crippen molar-refractivity contribution in [1.82, 2.24) is 9.80 Å². The van der Waals surface area contributed by atoms with Gasteiger partial charge in [0.1, 0.15) is 5.60 Å². The second-order valence-electron chi connectivity index (χ2n) is 3.82. The van der Waals surface area contributed by atoms with Crippen molar-refractivity contribution in [2.75, 3.05) is 33.0 Å². The van der Waals surface area contributed by atoms with Gasteiger partial charge in [0.15, 0.2) is 0 Å². The maximum absolute atomic E-state index is 12.2. The van der Waals surface area contributed by atoms with Gasteiger partial charge in [0.25, 0.3) is 0 Å². The van der Waals surface area contributed by atoms with E-state index in [2.05, 4.69) is 0 Å². The summed E-state index contributed by atoms with van der Waals surface area (Å²) in [7, 11) is 0.919. The molecule has 0 saturated carbocycles. The van der Waals surface area contributed by atoms with E-state index in [0.717, 1.165) is 7.05 Å². The van der Waals surface area contributed by atoms with Crippen LogP contribution in [0, 0.1) is 0 Å². The van der Waals surface area contributed by atoms with E-state index in [0.29, 0.717) is 4.90 Å². The largest absolute Gasteiger partial charge is 0.444 e. The first-order chi connectivity index (χ1) is 9.40. The lowest BCUT2D eigenvalue weighted by atomic mass is 10.2. The van der Waals surface area contributed by atoms with E-state index >= 15 is 0 Å². The predicted molar refractivity (Wildman–Crippen MR) is 55.3 cm³/mol. The Labute approximate surface area is 97.1 Å². The molecule has 0 unspecified atom stereocenters. The molecule has 0 aromatic rings. The summed E-state index contributed by atoms with van der Waals surface area (Å²) >= 11 is 0. The number of piperazine rings is 1. The molecule has 0 atom stereocenters. The van der Waals surface area contributed by atoms with Gasteiger partial charge in [-0.3, -0.25) is 0 Å². The van der Waals surface area contributed by atoms with E-state index in [1.165, 1.54) is 20.8 Å². The molecule has 14 heavy (non-hydrogen) atoms. The van der Waals surface area contributed by atoms with Gasteiger partial charge in [-0.2, -0.15) is 0 Å². The summed E-state index contributed by atoms with van der Waals surface area (Å²) in [6.45, 7) is -7.81. The van der Waals surface area contributed by atoms with Crippen LogP contribution in [0.3, 0.4) is 0 Å². The van der Waals surface area contributed by atoms with Crippen molar-refractivity contribution in [2.45, 2.75) is 26.4 Å². The van der Waals surface area contributed by atoms with Crippen LogP contribution in [0.4, 0.5) is 4.79 Å². The quantitative estimate of drug-likeness (QED) is 0.599. The molecule has 0 aromatic heterocycles. The monoisotopic (exact) mass is 208 g/mol. The molecule has 0 spiro atoms. The number of rotatable bonds is 0. The number of ether oxygens (including phenoxy) is 1. The molecular weight excluding hydrogens is 180 g/mol. The van der Waals surface area contributed by atoms with E-state index in [1.54, 1.807) is 0 Å². The summed E-state index contributed by atoms with van der Waals surface area (Å²) in [5, 5.41) is 0. The second kappa shape index (κ2) is 4.17. The fourth-order valence-electron chi connectivity index (χ4n) is 0.705. The van der Waals surface area contributed by atoms with Crippen LogP contribution in [0.2, 0.25) is 0 Å². The van der Waals surface area contributed by atoms with Crippen molar-refractivity contribution >= 4 is 6.09 Å². The molecule has 1 heterocycles. The Morgan fingerprint density at radius 1 is 1.29 bits per heavy atom. The van der Waals surface area contributed by atoms with Crippen molar-refractivity contribution in [2.24, 2.45) is 0 Å². The Morgan fingerprint density at radius 3 is 2.21 bits per heavy atom. The zero-order chi connectivity index (χ0) is 17.9. The third-order valence-electron chi connectivity index (χ3n) is 1.24. The third kappa shape index (κ3) is 3.54. The fourth-order valence-corrected chi connectivity index (χ4v) is 0.705. The molecule has 1 saturated heterocycles. The lowest BCUT2D eigenvalue weighted by molar-refractivity contribution is 0.0164. The van der Waals surface area contributed by atoms with E-state index in [1.807, 2.05) is 0 Å². The van der Waals surface area contributed by atoms with Gasteiger partial charge >= 0.3 is 6.09 Å². The molecule has 1 aliphatic rings. The van der Waals surface area contributed by atoms with Gasteiger partial charge < -0.3 is 14.5 Å². The molecular formula is C10H20N2O2. The molecule has 1 fully saturated rings.